The van der Waals surface area contributed by atoms with Gasteiger partial charge in [0.05, 0.1) is 24.0 Å². The van der Waals surface area contributed by atoms with Crippen molar-refractivity contribution in [2.75, 3.05) is 0 Å². The second kappa shape index (κ2) is 8.63. The van der Waals surface area contributed by atoms with E-state index in [1.807, 2.05) is 54.6 Å². The molecule has 0 aliphatic rings. The number of halogens is 1. The molecule has 2 aromatic carbocycles. The number of imidazole rings is 2. The van der Waals surface area contributed by atoms with E-state index in [0.717, 1.165) is 20.4 Å². The number of aromatic hydroxyl groups is 1. The molecule has 0 bridgehead atoms. The smallest absolute Gasteiger partial charge is 0.329 e. The lowest BCUT2D eigenvalue weighted by Crippen LogP contribution is -2.25. The van der Waals surface area contributed by atoms with Crippen molar-refractivity contribution in [3.63, 3.8) is 0 Å². The van der Waals surface area contributed by atoms with Gasteiger partial charge in [0.1, 0.15) is 11.9 Å². The van der Waals surface area contributed by atoms with Crippen LogP contribution in [0.3, 0.4) is 0 Å². The van der Waals surface area contributed by atoms with Crippen LogP contribution in [-0.4, -0.2) is 24.6 Å². The summed E-state index contributed by atoms with van der Waals surface area (Å²) in [6, 6.07) is 17.3. The van der Waals surface area contributed by atoms with E-state index in [1.165, 1.54) is 4.57 Å². The van der Waals surface area contributed by atoms with Crippen molar-refractivity contribution >= 4 is 22.6 Å². The molecule has 150 valence electrons. The minimum absolute atomic E-state index is 0.137. The Labute approximate surface area is 187 Å². The molecule has 4 rings (SSSR count). The number of hydrogen-bond donors (Lipinski definition) is 3. The monoisotopic (exact) mass is 510 g/mol. The summed E-state index contributed by atoms with van der Waals surface area (Å²) in [6.07, 6.45) is 7.72. The van der Waals surface area contributed by atoms with E-state index in [-0.39, 0.29) is 12.3 Å². The highest BCUT2D eigenvalue weighted by molar-refractivity contribution is 14.1. The lowest BCUT2D eigenvalue weighted by molar-refractivity contribution is 0.385. The van der Waals surface area contributed by atoms with Crippen molar-refractivity contribution in [2.24, 2.45) is 0 Å². The number of benzene rings is 2. The van der Waals surface area contributed by atoms with E-state index in [1.54, 1.807) is 6.20 Å². The standard InChI is InChI=1S/C23H19IN4O2/c1-2-6-18-22(29)28(23(30)27-18)20(13-15-7-4-3-5-8-15)21-25-14-19(26-21)16-9-11-17(24)12-10-16/h1,3-5,7-12,14,20,29H,6,13H2,(H,25,26)(H,27,30)/t20-/m0/s1. The van der Waals surface area contributed by atoms with Crippen molar-refractivity contribution in [1.29, 1.82) is 0 Å². The number of aromatic amines is 2. The molecule has 30 heavy (non-hydrogen) atoms. The highest BCUT2D eigenvalue weighted by Gasteiger charge is 2.25. The number of hydrogen-bond acceptors (Lipinski definition) is 3. The fourth-order valence-corrected chi connectivity index (χ4v) is 3.79. The van der Waals surface area contributed by atoms with E-state index in [0.29, 0.717) is 17.9 Å². The molecule has 0 aliphatic carbocycles. The Morgan fingerprint density at radius 3 is 2.57 bits per heavy atom. The largest absolute Gasteiger partial charge is 0.493 e. The minimum atomic E-state index is -0.528. The van der Waals surface area contributed by atoms with Crippen molar-refractivity contribution < 1.29 is 5.11 Å². The highest BCUT2D eigenvalue weighted by atomic mass is 127. The number of nitrogens with one attached hydrogen (secondary N) is 2. The summed E-state index contributed by atoms with van der Waals surface area (Å²) in [4.78, 5) is 23.2. The highest BCUT2D eigenvalue weighted by Crippen LogP contribution is 2.28. The molecule has 0 fully saturated rings. The van der Waals surface area contributed by atoms with Crippen LogP contribution in [0.15, 0.2) is 65.6 Å². The van der Waals surface area contributed by atoms with Crippen LogP contribution in [0.1, 0.15) is 23.1 Å². The van der Waals surface area contributed by atoms with E-state index >= 15 is 0 Å². The number of terminal acetylenes is 1. The van der Waals surface area contributed by atoms with Gasteiger partial charge in [-0.2, -0.15) is 0 Å². The van der Waals surface area contributed by atoms with Gasteiger partial charge < -0.3 is 15.1 Å². The van der Waals surface area contributed by atoms with E-state index in [4.69, 9.17) is 6.42 Å². The molecular formula is C23H19IN4O2. The summed E-state index contributed by atoms with van der Waals surface area (Å²) < 4.78 is 2.46. The zero-order valence-corrected chi connectivity index (χ0v) is 18.1. The first-order chi connectivity index (χ1) is 14.6. The van der Waals surface area contributed by atoms with Gasteiger partial charge in [0, 0.05) is 9.99 Å². The van der Waals surface area contributed by atoms with Gasteiger partial charge in [-0.15, -0.1) is 12.3 Å². The molecule has 0 spiro atoms. The molecule has 1 atom stereocenters. The zero-order chi connectivity index (χ0) is 21.1. The van der Waals surface area contributed by atoms with Gasteiger partial charge in [-0.25, -0.2) is 9.78 Å². The van der Waals surface area contributed by atoms with Gasteiger partial charge in [0.25, 0.3) is 0 Å². The maximum Gasteiger partial charge on any atom is 0.329 e. The first-order valence-corrected chi connectivity index (χ1v) is 10.4. The molecule has 2 heterocycles. The summed E-state index contributed by atoms with van der Waals surface area (Å²) in [5.74, 6) is 2.88. The Morgan fingerprint density at radius 1 is 1.13 bits per heavy atom. The third kappa shape index (κ3) is 4.04. The molecule has 6 nitrogen and oxygen atoms in total. The second-order valence-electron chi connectivity index (χ2n) is 6.88. The van der Waals surface area contributed by atoms with Gasteiger partial charge in [0.15, 0.2) is 0 Å². The van der Waals surface area contributed by atoms with E-state index < -0.39 is 11.7 Å². The lowest BCUT2D eigenvalue weighted by atomic mass is 10.1. The summed E-state index contributed by atoms with van der Waals surface area (Å²) in [5, 5.41) is 10.7. The predicted octanol–water partition coefficient (Wildman–Crippen LogP) is 3.88. The fourth-order valence-electron chi connectivity index (χ4n) is 3.43. The van der Waals surface area contributed by atoms with Crippen molar-refractivity contribution in [3.05, 3.63) is 91.9 Å². The zero-order valence-electron chi connectivity index (χ0n) is 16.0. The molecule has 3 N–H and O–H groups in total. The first-order valence-electron chi connectivity index (χ1n) is 9.37. The van der Waals surface area contributed by atoms with Gasteiger partial charge in [-0.3, -0.25) is 4.57 Å². The maximum atomic E-state index is 12.7. The fraction of sp³-hybridized carbons (Fsp3) is 0.130. The SMILES string of the molecule is C#CCc1[nH]c(=O)n([C@@H](Cc2ccccc2)c2ncc(-c3ccc(I)cc3)[nH]2)c1O. The lowest BCUT2D eigenvalue weighted by Gasteiger charge is -2.17. The number of nitrogens with zero attached hydrogens (tertiary/aromatic N) is 2. The molecule has 4 aromatic rings. The molecule has 0 aliphatic heterocycles. The average molecular weight is 510 g/mol. The van der Waals surface area contributed by atoms with Crippen LogP contribution in [-0.2, 0) is 12.8 Å². The van der Waals surface area contributed by atoms with Gasteiger partial charge in [0.2, 0.25) is 5.88 Å². The molecule has 0 radical (unpaired) electrons. The Kier molecular flexibility index (Phi) is 5.77. The molecule has 0 saturated carbocycles. The molecule has 0 unspecified atom stereocenters. The molecule has 7 heteroatoms. The Balaban J connectivity index is 1.78. The summed E-state index contributed by atoms with van der Waals surface area (Å²) in [6.45, 7) is 0. The van der Waals surface area contributed by atoms with Gasteiger partial charge in [-0.05, 0) is 45.9 Å². The number of aromatic nitrogens is 4. The van der Waals surface area contributed by atoms with Gasteiger partial charge in [-0.1, -0.05) is 42.5 Å². The third-order valence-corrected chi connectivity index (χ3v) is 5.62. The van der Waals surface area contributed by atoms with Crippen LogP contribution in [0.5, 0.6) is 5.88 Å². The normalized spacial score (nSPS) is 11.9. The van der Waals surface area contributed by atoms with E-state index in [2.05, 4.69) is 43.5 Å². The second-order valence-corrected chi connectivity index (χ2v) is 8.12. The average Bonchev–Trinajstić information content (AvgIpc) is 3.34. The van der Waals surface area contributed by atoms with Crippen molar-refractivity contribution in [1.82, 2.24) is 19.5 Å². The van der Waals surface area contributed by atoms with Crippen molar-refractivity contribution in [3.8, 4) is 29.5 Å². The van der Waals surface area contributed by atoms with Crippen LogP contribution < -0.4 is 5.69 Å². The van der Waals surface area contributed by atoms with Crippen LogP contribution in [0.2, 0.25) is 0 Å². The van der Waals surface area contributed by atoms with Crippen LogP contribution in [0.25, 0.3) is 11.3 Å². The topological polar surface area (TPSA) is 86.7 Å². The van der Waals surface area contributed by atoms with E-state index in [9.17, 15) is 9.90 Å². The number of H-pyrrole nitrogens is 2. The quantitative estimate of drug-likeness (QED) is 0.272. The third-order valence-electron chi connectivity index (χ3n) is 4.90. The molecule has 0 amide bonds. The molecule has 2 aromatic heterocycles. The van der Waals surface area contributed by atoms with Crippen LogP contribution in [0, 0.1) is 15.9 Å². The maximum absolute atomic E-state index is 12.7. The minimum Gasteiger partial charge on any atom is -0.493 e. The first kappa shape index (κ1) is 20.0. The summed E-state index contributed by atoms with van der Waals surface area (Å²) in [5.41, 5.74) is 2.74. The van der Waals surface area contributed by atoms with Crippen LogP contribution in [0.4, 0.5) is 0 Å². The molecular weight excluding hydrogens is 491 g/mol. The van der Waals surface area contributed by atoms with Crippen LogP contribution >= 0.6 is 22.6 Å². The Hall–Kier alpha value is -3.25. The Bertz CT molecular complexity index is 1250. The van der Waals surface area contributed by atoms with Gasteiger partial charge >= 0.3 is 5.69 Å². The Morgan fingerprint density at radius 2 is 1.87 bits per heavy atom. The van der Waals surface area contributed by atoms with Crippen molar-refractivity contribution in [2.45, 2.75) is 18.9 Å². The summed E-state index contributed by atoms with van der Waals surface area (Å²) in [7, 11) is 0. The predicted molar refractivity (Wildman–Crippen MR) is 124 cm³/mol. The summed E-state index contributed by atoms with van der Waals surface area (Å²) >= 11 is 2.26. The number of rotatable bonds is 6. The molecule has 0 saturated heterocycles.